The van der Waals surface area contributed by atoms with Gasteiger partial charge in [0.1, 0.15) is 0 Å². The molecule has 2 aliphatic rings. The van der Waals surface area contributed by atoms with E-state index in [1.165, 1.54) is 4.90 Å². The molecule has 1 aromatic rings. The van der Waals surface area contributed by atoms with Crippen LogP contribution < -0.4 is 0 Å². The Morgan fingerprint density at radius 1 is 1.17 bits per heavy atom. The second kappa shape index (κ2) is 6.32. The first kappa shape index (κ1) is 16.0. The Bertz CT molecular complexity index is 583. The van der Waals surface area contributed by atoms with Crippen molar-refractivity contribution in [1.82, 2.24) is 14.7 Å². The summed E-state index contributed by atoms with van der Waals surface area (Å²) in [6.45, 7) is 5.81. The third-order valence-electron chi connectivity index (χ3n) is 5.28. The largest absolute Gasteiger partial charge is 0.327 e. The lowest BCUT2D eigenvalue weighted by Crippen LogP contribution is -2.48. The van der Waals surface area contributed by atoms with Crippen LogP contribution in [0.25, 0.3) is 0 Å². The zero-order chi connectivity index (χ0) is 16.6. The average Bonchev–Trinajstić information content (AvgIpc) is 3.18. The Hall–Kier alpha value is -1.88. The summed E-state index contributed by atoms with van der Waals surface area (Å²) in [6, 6.07) is 9.17. The fourth-order valence-corrected chi connectivity index (χ4v) is 3.69. The SMILES string of the molecule is C[C@@H](C(=O)N1C(=O)N(C)[C@@H](C)[C@H]1c1ccccc1)N1CCCC1. The maximum atomic E-state index is 13.1. The van der Waals surface area contributed by atoms with Gasteiger partial charge in [0.25, 0.3) is 0 Å². The second-order valence-corrected chi connectivity index (χ2v) is 6.62. The summed E-state index contributed by atoms with van der Waals surface area (Å²) in [5, 5.41) is 0. The molecule has 2 saturated heterocycles. The van der Waals surface area contributed by atoms with E-state index < -0.39 is 0 Å². The number of nitrogens with zero attached hydrogens (tertiary/aromatic N) is 3. The highest BCUT2D eigenvalue weighted by atomic mass is 16.2. The quantitative estimate of drug-likeness (QED) is 0.861. The number of rotatable bonds is 3. The molecule has 3 rings (SSSR count). The van der Waals surface area contributed by atoms with Crippen molar-refractivity contribution >= 4 is 11.9 Å². The molecule has 0 saturated carbocycles. The van der Waals surface area contributed by atoms with E-state index in [9.17, 15) is 9.59 Å². The van der Waals surface area contributed by atoms with Crippen LogP contribution in [-0.4, -0.2) is 58.9 Å². The second-order valence-electron chi connectivity index (χ2n) is 6.62. The van der Waals surface area contributed by atoms with Crippen molar-refractivity contribution in [2.45, 2.75) is 44.8 Å². The van der Waals surface area contributed by atoms with Crippen molar-refractivity contribution in [1.29, 1.82) is 0 Å². The number of hydrogen-bond donors (Lipinski definition) is 0. The summed E-state index contributed by atoms with van der Waals surface area (Å²) >= 11 is 0. The number of urea groups is 1. The van der Waals surface area contributed by atoms with E-state index in [1.54, 1.807) is 11.9 Å². The summed E-state index contributed by atoms with van der Waals surface area (Å²) < 4.78 is 0. The molecule has 124 valence electrons. The van der Waals surface area contributed by atoms with Crippen LogP contribution in [0, 0.1) is 0 Å². The zero-order valence-electron chi connectivity index (χ0n) is 14.1. The van der Waals surface area contributed by atoms with Crippen molar-refractivity contribution in [3.63, 3.8) is 0 Å². The lowest BCUT2D eigenvalue weighted by molar-refractivity contribution is -0.134. The van der Waals surface area contributed by atoms with Gasteiger partial charge in [-0.2, -0.15) is 0 Å². The fourth-order valence-electron chi connectivity index (χ4n) is 3.69. The Balaban J connectivity index is 1.90. The van der Waals surface area contributed by atoms with Gasteiger partial charge in [0.15, 0.2) is 0 Å². The molecule has 23 heavy (non-hydrogen) atoms. The van der Waals surface area contributed by atoms with E-state index in [2.05, 4.69) is 4.90 Å². The van der Waals surface area contributed by atoms with E-state index in [4.69, 9.17) is 0 Å². The van der Waals surface area contributed by atoms with E-state index in [0.29, 0.717) is 0 Å². The Kier molecular flexibility index (Phi) is 4.39. The van der Waals surface area contributed by atoms with Crippen LogP contribution in [0.3, 0.4) is 0 Å². The fraction of sp³-hybridized carbons (Fsp3) is 0.556. The average molecular weight is 315 g/mol. The van der Waals surface area contributed by atoms with Gasteiger partial charge in [-0.3, -0.25) is 14.6 Å². The van der Waals surface area contributed by atoms with Crippen LogP contribution >= 0.6 is 0 Å². The van der Waals surface area contributed by atoms with Crippen LogP contribution in [0.4, 0.5) is 4.79 Å². The Morgan fingerprint density at radius 2 is 1.78 bits per heavy atom. The maximum absolute atomic E-state index is 13.1. The summed E-state index contributed by atoms with van der Waals surface area (Å²) in [5.41, 5.74) is 1.01. The summed E-state index contributed by atoms with van der Waals surface area (Å²) in [4.78, 5) is 31.1. The molecule has 0 spiro atoms. The van der Waals surface area contributed by atoms with Crippen LogP contribution in [0.1, 0.15) is 38.3 Å². The van der Waals surface area contributed by atoms with Crippen molar-refractivity contribution in [3.05, 3.63) is 35.9 Å². The molecule has 0 unspecified atom stereocenters. The molecule has 5 heteroatoms. The molecular weight excluding hydrogens is 290 g/mol. The van der Waals surface area contributed by atoms with Crippen LogP contribution in [0.15, 0.2) is 30.3 Å². The van der Waals surface area contributed by atoms with Gasteiger partial charge in [-0.25, -0.2) is 4.79 Å². The number of benzene rings is 1. The Morgan fingerprint density at radius 3 is 2.39 bits per heavy atom. The number of amides is 3. The number of carbonyl (C=O) groups is 2. The first-order chi connectivity index (χ1) is 11.0. The molecule has 3 atom stereocenters. The highest BCUT2D eigenvalue weighted by Crippen LogP contribution is 2.35. The highest BCUT2D eigenvalue weighted by molar-refractivity contribution is 5.99. The lowest BCUT2D eigenvalue weighted by atomic mass is 10.00. The van der Waals surface area contributed by atoms with E-state index in [1.807, 2.05) is 44.2 Å². The smallest absolute Gasteiger partial charge is 0.322 e. The molecule has 2 heterocycles. The summed E-state index contributed by atoms with van der Waals surface area (Å²) in [6.07, 6.45) is 2.26. The molecule has 0 N–H and O–H groups in total. The Labute approximate surface area is 137 Å². The van der Waals surface area contributed by atoms with E-state index >= 15 is 0 Å². The van der Waals surface area contributed by atoms with Crippen LogP contribution in [-0.2, 0) is 4.79 Å². The van der Waals surface area contributed by atoms with Crippen LogP contribution in [0.2, 0.25) is 0 Å². The van der Waals surface area contributed by atoms with Crippen molar-refractivity contribution in [2.24, 2.45) is 0 Å². The standard InChI is InChI=1S/C18H25N3O2/c1-13-16(15-9-5-4-6-10-15)21(18(23)19(13)3)17(22)14(2)20-11-7-8-12-20/h4-6,9-10,13-14,16H,7-8,11-12H2,1-3H3/t13-,14-,16-/m0/s1. The first-order valence-electron chi connectivity index (χ1n) is 8.41. The minimum Gasteiger partial charge on any atom is -0.322 e. The molecular formula is C18H25N3O2. The number of carbonyl (C=O) groups excluding carboxylic acids is 2. The van der Waals surface area contributed by atoms with Gasteiger partial charge in [0.05, 0.1) is 18.1 Å². The molecule has 3 amide bonds. The molecule has 2 fully saturated rings. The van der Waals surface area contributed by atoms with Crippen molar-refractivity contribution < 1.29 is 9.59 Å². The number of likely N-dealkylation sites (N-methyl/N-ethyl adjacent to an activating group) is 1. The van der Waals surface area contributed by atoms with Gasteiger partial charge >= 0.3 is 6.03 Å². The van der Waals surface area contributed by atoms with Gasteiger partial charge < -0.3 is 4.90 Å². The summed E-state index contributed by atoms with van der Waals surface area (Å²) in [5.74, 6) is -0.0815. The van der Waals surface area contributed by atoms with E-state index in [-0.39, 0.29) is 30.1 Å². The molecule has 2 aliphatic heterocycles. The zero-order valence-corrected chi connectivity index (χ0v) is 14.1. The van der Waals surface area contributed by atoms with Gasteiger partial charge in [0, 0.05) is 7.05 Å². The summed E-state index contributed by atoms with van der Waals surface area (Å²) in [7, 11) is 1.77. The van der Waals surface area contributed by atoms with Gasteiger partial charge in [0.2, 0.25) is 5.91 Å². The van der Waals surface area contributed by atoms with Gasteiger partial charge in [-0.1, -0.05) is 30.3 Å². The van der Waals surface area contributed by atoms with Gasteiger partial charge in [-0.15, -0.1) is 0 Å². The maximum Gasteiger partial charge on any atom is 0.327 e. The molecule has 0 aromatic heterocycles. The molecule has 1 aromatic carbocycles. The molecule has 0 aliphatic carbocycles. The van der Waals surface area contributed by atoms with Crippen molar-refractivity contribution in [2.75, 3.05) is 20.1 Å². The topological polar surface area (TPSA) is 43.9 Å². The number of imide groups is 1. The normalized spacial score (nSPS) is 26.8. The lowest BCUT2D eigenvalue weighted by Gasteiger charge is -2.30. The van der Waals surface area contributed by atoms with Crippen LogP contribution in [0.5, 0.6) is 0 Å². The number of hydrogen-bond acceptors (Lipinski definition) is 3. The predicted molar refractivity (Wildman–Crippen MR) is 88.9 cm³/mol. The molecule has 0 radical (unpaired) electrons. The van der Waals surface area contributed by atoms with Crippen molar-refractivity contribution in [3.8, 4) is 0 Å². The highest BCUT2D eigenvalue weighted by Gasteiger charge is 2.47. The third kappa shape index (κ3) is 2.74. The third-order valence-corrected chi connectivity index (χ3v) is 5.28. The first-order valence-corrected chi connectivity index (χ1v) is 8.41. The van der Waals surface area contributed by atoms with Gasteiger partial charge in [-0.05, 0) is 45.3 Å². The van der Waals surface area contributed by atoms with E-state index in [0.717, 1.165) is 31.5 Å². The molecule has 0 bridgehead atoms. The minimum atomic E-state index is -0.244. The molecule has 5 nitrogen and oxygen atoms in total. The predicted octanol–water partition coefficient (Wildman–Crippen LogP) is 2.49. The minimum absolute atomic E-state index is 0.0281. The monoisotopic (exact) mass is 315 g/mol. The number of likely N-dealkylation sites (tertiary alicyclic amines) is 1.